The first-order valence-electron chi connectivity index (χ1n) is 8.33. The second-order valence-electron chi connectivity index (χ2n) is 6.01. The Morgan fingerprint density at radius 1 is 1.23 bits per heavy atom. The van der Waals surface area contributed by atoms with Gasteiger partial charge in [-0.25, -0.2) is 4.79 Å². The van der Waals surface area contributed by atoms with Crippen LogP contribution in [-0.4, -0.2) is 23.3 Å². The predicted octanol–water partition coefficient (Wildman–Crippen LogP) is 4.04. The van der Waals surface area contributed by atoms with Crippen molar-refractivity contribution in [3.8, 4) is 0 Å². The van der Waals surface area contributed by atoms with Crippen molar-refractivity contribution in [3.05, 3.63) is 96.8 Å². The molecule has 1 atom stereocenters. The number of carbonyl (C=O) groups is 2. The molecule has 1 aromatic carbocycles. The van der Waals surface area contributed by atoms with Crippen LogP contribution in [0.15, 0.2) is 85.7 Å². The van der Waals surface area contributed by atoms with Crippen molar-refractivity contribution < 1.29 is 14.3 Å². The van der Waals surface area contributed by atoms with E-state index < -0.39 is 5.97 Å². The van der Waals surface area contributed by atoms with Gasteiger partial charge in [0.1, 0.15) is 5.76 Å². The summed E-state index contributed by atoms with van der Waals surface area (Å²) in [4.78, 5) is 25.0. The van der Waals surface area contributed by atoms with E-state index >= 15 is 0 Å². The molecule has 1 aliphatic rings. The molecular weight excluding hydrogens is 326 g/mol. The van der Waals surface area contributed by atoms with Gasteiger partial charge in [-0.2, -0.15) is 0 Å². The summed E-state index contributed by atoms with van der Waals surface area (Å²) < 4.78 is 5.01. The Morgan fingerprint density at radius 2 is 1.96 bits per heavy atom. The van der Waals surface area contributed by atoms with E-state index in [0.29, 0.717) is 18.8 Å². The average molecular weight is 349 g/mol. The maximum absolute atomic E-state index is 12.1. The van der Waals surface area contributed by atoms with E-state index in [1.165, 1.54) is 11.6 Å². The molecule has 0 saturated carbocycles. The van der Waals surface area contributed by atoms with Gasteiger partial charge in [0.15, 0.2) is 0 Å². The first-order valence-corrected chi connectivity index (χ1v) is 8.33. The molecule has 0 N–H and O–H groups in total. The van der Waals surface area contributed by atoms with Crippen molar-refractivity contribution in [2.24, 2.45) is 0 Å². The molecule has 4 nitrogen and oxygen atoms in total. The van der Waals surface area contributed by atoms with Crippen molar-refractivity contribution in [3.63, 3.8) is 0 Å². The first-order chi connectivity index (χ1) is 12.5. The number of benzene rings is 1. The second-order valence-corrected chi connectivity index (χ2v) is 6.01. The lowest BCUT2D eigenvalue weighted by atomic mass is 9.84. The minimum atomic E-state index is -0.495. The molecule has 1 aliphatic heterocycles. The van der Waals surface area contributed by atoms with Crippen LogP contribution >= 0.6 is 0 Å². The zero-order valence-electron chi connectivity index (χ0n) is 15.0. The molecule has 0 radical (unpaired) electrons. The van der Waals surface area contributed by atoms with Gasteiger partial charge in [-0.05, 0) is 35.8 Å². The SMILES string of the molecule is C=CC(=O)O/C(C)=C/C=C\C(=C)[C@H]1CN(C(=O)C=C)Cc2ccccc21. The van der Waals surface area contributed by atoms with Gasteiger partial charge in [0.25, 0.3) is 0 Å². The third-order valence-corrected chi connectivity index (χ3v) is 4.20. The summed E-state index contributed by atoms with van der Waals surface area (Å²) in [6, 6.07) is 8.06. The van der Waals surface area contributed by atoms with E-state index in [1.807, 2.05) is 24.3 Å². The summed E-state index contributed by atoms with van der Waals surface area (Å²) >= 11 is 0. The normalized spacial score (nSPS) is 16.7. The van der Waals surface area contributed by atoms with Crippen LogP contribution in [0.25, 0.3) is 0 Å². The molecule has 4 heteroatoms. The van der Waals surface area contributed by atoms with E-state index in [4.69, 9.17) is 4.74 Å². The van der Waals surface area contributed by atoms with Gasteiger partial charge in [-0.15, -0.1) is 0 Å². The smallest absolute Gasteiger partial charge is 0.335 e. The van der Waals surface area contributed by atoms with Gasteiger partial charge in [-0.1, -0.05) is 56.2 Å². The molecular formula is C22H23NO3. The summed E-state index contributed by atoms with van der Waals surface area (Å²) in [5.74, 6) is -0.116. The van der Waals surface area contributed by atoms with E-state index in [9.17, 15) is 9.59 Å². The second kappa shape index (κ2) is 8.81. The van der Waals surface area contributed by atoms with Gasteiger partial charge in [0.05, 0.1) is 0 Å². The van der Waals surface area contributed by atoms with E-state index in [1.54, 1.807) is 24.0 Å². The van der Waals surface area contributed by atoms with Crippen LogP contribution in [0.4, 0.5) is 0 Å². The zero-order chi connectivity index (χ0) is 19.1. The van der Waals surface area contributed by atoms with Crippen molar-refractivity contribution in [2.75, 3.05) is 6.54 Å². The maximum Gasteiger partial charge on any atom is 0.335 e. The van der Waals surface area contributed by atoms with Gasteiger partial charge in [0, 0.05) is 25.1 Å². The maximum atomic E-state index is 12.1. The Balaban J connectivity index is 2.18. The molecule has 1 heterocycles. The lowest BCUT2D eigenvalue weighted by molar-refractivity contribution is -0.133. The molecule has 0 spiro atoms. The number of allylic oxidation sites excluding steroid dienone is 4. The summed E-state index contributed by atoms with van der Waals surface area (Å²) in [6.07, 6.45) is 7.79. The van der Waals surface area contributed by atoms with Crippen LogP contribution in [0.5, 0.6) is 0 Å². The largest absolute Gasteiger partial charge is 0.428 e. The Bertz CT molecular complexity index is 801. The molecule has 0 saturated heterocycles. The molecule has 0 fully saturated rings. The van der Waals surface area contributed by atoms with Crippen LogP contribution in [0.3, 0.4) is 0 Å². The highest BCUT2D eigenvalue weighted by Crippen LogP contribution is 2.33. The van der Waals surface area contributed by atoms with Crippen LogP contribution in [0, 0.1) is 0 Å². The van der Waals surface area contributed by atoms with Crippen molar-refractivity contribution in [1.29, 1.82) is 0 Å². The number of ether oxygens (including phenoxy) is 1. The minimum absolute atomic E-state index is 0.00420. The number of esters is 1. The number of hydrogen-bond donors (Lipinski definition) is 0. The van der Waals surface area contributed by atoms with Crippen molar-refractivity contribution in [1.82, 2.24) is 4.90 Å². The van der Waals surface area contributed by atoms with Gasteiger partial charge in [0.2, 0.25) is 5.91 Å². The summed E-state index contributed by atoms with van der Waals surface area (Å²) in [6.45, 7) is 13.9. The highest BCUT2D eigenvalue weighted by molar-refractivity contribution is 5.87. The van der Waals surface area contributed by atoms with Crippen molar-refractivity contribution in [2.45, 2.75) is 19.4 Å². The number of nitrogens with zero attached hydrogens (tertiary/aromatic N) is 1. The van der Waals surface area contributed by atoms with Gasteiger partial charge < -0.3 is 9.64 Å². The fourth-order valence-corrected chi connectivity index (χ4v) is 2.88. The number of carbonyl (C=O) groups excluding carboxylic acids is 2. The zero-order valence-corrected chi connectivity index (χ0v) is 15.0. The summed E-state index contributed by atoms with van der Waals surface area (Å²) in [7, 11) is 0. The quantitative estimate of drug-likeness (QED) is 0.337. The van der Waals surface area contributed by atoms with Crippen LogP contribution in [0.1, 0.15) is 24.0 Å². The highest BCUT2D eigenvalue weighted by Gasteiger charge is 2.27. The summed E-state index contributed by atoms with van der Waals surface area (Å²) in [5, 5.41) is 0. The van der Waals surface area contributed by atoms with E-state index in [2.05, 4.69) is 25.8 Å². The Hall–Kier alpha value is -3.14. The standard InChI is InChI=1S/C22H23NO3/c1-5-21(24)23-14-18-12-7-8-13-19(18)20(15-23)16(3)10-9-11-17(4)26-22(25)6-2/h5-13,20H,1-3,14-15H2,4H3/b10-9-,17-11+/t20-/m1/s1. The fraction of sp³-hybridized carbons (Fsp3) is 0.182. The van der Waals surface area contributed by atoms with E-state index in [-0.39, 0.29) is 11.8 Å². The highest BCUT2D eigenvalue weighted by atomic mass is 16.5. The molecule has 0 unspecified atom stereocenters. The minimum Gasteiger partial charge on any atom is -0.428 e. The molecule has 2 rings (SSSR count). The topological polar surface area (TPSA) is 46.6 Å². The number of fused-ring (bicyclic) bond motifs is 1. The lowest BCUT2D eigenvalue weighted by Crippen LogP contribution is -2.37. The number of rotatable bonds is 6. The lowest BCUT2D eigenvalue weighted by Gasteiger charge is -2.34. The van der Waals surface area contributed by atoms with Crippen LogP contribution < -0.4 is 0 Å². The number of amides is 1. The van der Waals surface area contributed by atoms with Crippen molar-refractivity contribution >= 4 is 11.9 Å². The molecule has 1 amide bonds. The Labute approximate surface area is 154 Å². The monoisotopic (exact) mass is 349 g/mol. The third-order valence-electron chi connectivity index (χ3n) is 4.20. The van der Waals surface area contributed by atoms with Gasteiger partial charge in [-0.3, -0.25) is 4.79 Å². The molecule has 0 bridgehead atoms. The fourth-order valence-electron chi connectivity index (χ4n) is 2.88. The number of hydrogen-bond acceptors (Lipinski definition) is 3. The van der Waals surface area contributed by atoms with E-state index in [0.717, 1.165) is 17.2 Å². The predicted molar refractivity (Wildman–Crippen MR) is 103 cm³/mol. The van der Waals surface area contributed by atoms with Crippen LogP contribution in [0.2, 0.25) is 0 Å². The molecule has 26 heavy (non-hydrogen) atoms. The van der Waals surface area contributed by atoms with Gasteiger partial charge >= 0.3 is 5.97 Å². The average Bonchev–Trinajstić information content (AvgIpc) is 2.66. The molecule has 134 valence electrons. The molecule has 1 aromatic rings. The Morgan fingerprint density at radius 3 is 2.65 bits per heavy atom. The molecule has 0 aromatic heterocycles. The third kappa shape index (κ3) is 4.70. The molecule has 0 aliphatic carbocycles. The summed E-state index contributed by atoms with van der Waals surface area (Å²) in [5.41, 5.74) is 3.16. The Kier molecular flexibility index (Phi) is 6.50. The first kappa shape index (κ1) is 19.2. The van der Waals surface area contributed by atoms with Crippen LogP contribution in [-0.2, 0) is 20.9 Å².